The zero-order valence-corrected chi connectivity index (χ0v) is 11.3. The minimum absolute atomic E-state index is 0.0631. The molecule has 0 fully saturated rings. The van der Waals surface area contributed by atoms with Crippen LogP contribution in [0.15, 0.2) is 23.1 Å². The van der Waals surface area contributed by atoms with E-state index in [1.807, 2.05) is 6.92 Å². The van der Waals surface area contributed by atoms with Crippen molar-refractivity contribution in [3.05, 3.63) is 18.2 Å². The summed E-state index contributed by atoms with van der Waals surface area (Å²) < 4.78 is 27.6. The molecule has 0 amide bonds. The Hall–Kier alpha value is -1.31. The number of primary sulfonamides is 1. The third-order valence-electron chi connectivity index (χ3n) is 2.46. The van der Waals surface area contributed by atoms with Gasteiger partial charge in [0.15, 0.2) is 0 Å². The average Bonchev–Trinajstić information content (AvgIpc) is 2.26. The van der Waals surface area contributed by atoms with Crippen LogP contribution < -0.4 is 16.2 Å². The number of hydrogen-bond acceptors (Lipinski definition) is 5. The van der Waals surface area contributed by atoms with Gasteiger partial charge in [-0.2, -0.15) is 0 Å². The van der Waals surface area contributed by atoms with Crippen LogP contribution >= 0.6 is 0 Å². The van der Waals surface area contributed by atoms with Crippen LogP contribution in [0, 0.1) is 5.92 Å². The molecule has 1 aromatic rings. The SMILES string of the molecule is COCC(C)CNc1cccc(S(N)(=O)=O)c1N. The molecule has 0 radical (unpaired) electrons. The molecule has 0 aromatic heterocycles. The molecule has 1 unspecified atom stereocenters. The summed E-state index contributed by atoms with van der Waals surface area (Å²) in [6.07, 6.45) is 0. The highest BCUT2D eigenvalue weighted by molar-refractivity contribution is 7.89. The third kappa shape index (κ3) is 3.86. The number of methoxy groups -OCH3 is 1. The van der Waals surface area contributed by atoms with Crippen LogP contribution in [0.25, 0.3) is 0 Å². The van der Waals surface area contributed by atoms with E-state index in [2.05, 4.69) is 5.32 Å². The minimum atomic E-state index is -3.79. The first kappa shape index (κ1) is 14.7. The first-order valence-electron chi connectivity index (χ1n) is 5.50. The lowest BCUT2D eigenvalue weighted by Crippen LogP contribution is -2.18. The van der Waals surface area contributed by atoms with E-state index in [9.17, 15) is 8.42 Å². The van der Waals surface area contributed by atoms with Crippen molar-refractivity contribution in [2.24, 2.45) is 11.1 Å². The molecule has 0 aliphatic heterocycles. The van der Waals surface area contributed by atoms with Crippen LogP contribution in [0.4, 0.5) is 11.4 Å². The van der Waals surface area contributed by atoms with Gasteiger partial charge in [-0.05, 0) is 18.1 Å². The normalized spacial score (nSPS) is 13.3. The first-order chi connectivity index (χ1) is 8.36. The molecule has 18 heavy (non-hydrogen) atoms. The number of nitrogens with one attached hydrogen (secondary N) is 1. The Morgan fingerprint density at radius 2 is 2.11 bits per heavy atom. The highest BCUT2D eigenvalue weighted by Gasteiger charge is 2.14. The number of benzene rings is 1. The maximum absolute atomic E-state index is 11.3. The summed E-state index contributed by atoms with van der Waals surface area (Å²) in [7, 11) is -2.16. The van der Waals surface area contributed by atoms with Gasteiger partial charge in [-0.25, -0.2) is 13.6 Å². The monoisotopic (exact) mass is 273 g/mol. The van der Waals surface area contributed by atoms with E-state index >= 15 is 0 Å². The standard InChI is InChI=1S/C11H19N3O3S/c1-8(7-17-2)6-14-9-4-3-5-10(11(9)12)18(13,15)16/h3-5,8,14H,6-7,12H2,1-2H3,(H2,13,15,16). The maximum atomic E-state index is 11.3. The second kappa shape index (κ2) is 6.03. The van der Waals surface area contributed by atoms with Gasteiger partial charge in [0.25, 0.3) is 0 Å². The molecule has 0 saturated heterocycles. The molecule has 6 nitrogen and oxygen atoms in total. The van der Waals surface area contributed by atoms with Gasteiger partial charge in [0.2, 0.25) is 10.0 Å². The van der Waals surface area contributed by atoms with Gasteiger partial charge < -0.3 is 15.8 Å². The Bertz CT molecular complexity index is 502. The third-order valence-corrected chi connectivity index (χ3v) is 3.43. The quantitative estimate of drug-likeness (QED) is 0.658. The first-order valence-corrected chi connectivity index (χ1v) is 7.05. The second-order valence-electron chi connectivity index (χ2n) is 4.20. The number of ether oxygens (including phenoxy) is 1. The number of anilines is 2. The fraction of sp³-hybridized carbons (Fsp3) is 0.455. The number of nitrogens with two attached hydrogens (primary N) is 2. The van der Waals surface area contributed by atoms with Crippen molar-refractivity contribution in [2.45, 2.75) is 11.8 Å². The van der Waals surface area contributed by atoms with E-state index in [4.69, 9.17) is 15.6 Å². The molecule has 7 heteroatoms. The molecule has 0 aliphatic carbocycles. The Morgan fingerprint density at radius 1 is 1.44 bits per heavy atom. The van der Waals surface area contributed by atoms with E-state index in [-0.39, 0.29) is 16.5 Å². The van der Waals surface area contributed by atoms with E-state index in [0.29, 0.717) is 18.8 Å². The lowest BCUT2D eigenvalue weighted by Gasteiger charge is -2.15. The second-order valence-corrected chi connectivity index (χ2v) is 5.73. The van der Waals surface area contributed by atoms with Gasteiger partial charge in [-0.3, -0.25) is 0 Å². The Labute approximate surface area is 107 Å². The molecule has 0 heterocycles. The van der Waals surface area contributed by atoms with Crippen molar-refractivity contribution >= 4 is 21.4 Å². The predicted molar refractivity (Wildman–Crippen MR) is 71.8 cm³/mol. The van der Waals surface area contributed by atoms with Crippen molar-refractivity contribution in [3.63, 3.8) is 0 Å². The number of rotatable bonds is 6. The Balaban J connectivity index is 2.85. The van der Waals surface area contributed by atoms with E-state index < -0.39 is 10.0 Å². The summed E-state index contributed by atoms with van der Waals surface area (Å²) in [5.41, 5.74) is 6.48. The molecule has 0 bridgehead atoms. The summed E-state index contributed by atoms with van der Waals surface area (Å²) in [6.45, 7) is 3.25. The Morgan fingerprint density at radius 3 is 2.67 bits per heavy atom. The van der Waals surface area contributed by atoms with Crippen molar-refractivity contribution < 1.29 is 13.2 Å². The Kier molecular flexibility index (Phi) is 4.94. The van der Waals surface area contributed by atoms with Crippen LogP contribution in [0.5, 0.6) is 0 Å². The lowest BCUT2D eigenvalue weighted by molar-refractivity contribution is 0.164. The van der Waals surface area contributed by atoms with Crippen molar-refractivity contribution in [1.29, 1.82) is 0 Å². The van der Waals surface area contributed by atoms with Crippen LogP contribution in [0.2, 0.25) is 0 Å². The lowest BCUT2D eigenvalue weighted by atomic mass is 10.2. The average molecular weight is 273 g/mol. The minimum Gasteiger partial charge on any atom is -0.396 e. The summed E-state index contributed by atoms with van der Waals surface area (Å²) >= 11 is 0. The fourth-order valence-electron chi connectivity index (χ4n) is 1.57. The summed E-state index contributed by atoms with van der Waals surface area (Å²) in [5, 5.41) is 8.16. The van der Waals surface area contributed by atoms with E-state index in [0.717, 1.165) is 0 Å². The van der Waals surface area contributed by atoms with Crippen LogP contribution in [-0.2, 0) is 14.8 Å². The largest absolute Gasteiger partial charge is 0.396 e. The van der Waals surface area contributed by atoms with Crippen molar-refractivity contribution in [3.8, 4) is 0 Å². The summed E-state index contributed by atoms with van der Waals surface area (Å²) in [6, 6.07) is 4.69. The van der Waals surface area contributed by atoms with Crippen LogP contribution in [-0.4, -0.2) is 28.7 Å². The highest BCUT2D eigenvalue weighted by atomic mass is 32.2. The molecular weight excluding hydrogens is 254 g/mol. The van der Waals surface area contributed by atoms with Crippen molar-refractivity contribution in [2.75, 3.05) is 31.3 Å². The molecule has 1 rings (SSSR count). The molecule has 5 N–H and O–H groups in total. The van der Waals surface area contributed by atoms with E-state index in [1.165, 1.54) is 6.07 Å². The predicted octanol–water partition coefficient (Wildman–Crippen LogP) is 0.611. The molecular formula is C11H19N3O3S. The van der Waals surface area contributed by atoms with Crippen LogP contribution in [0.3, 0.4) is 0 Å². The summed E-state index contributed by atoms with van der Waals surface area (Å²) in [4.78, 5) is -0.0631. The molecule has 1 atom stereocenters. The van der Waals surface area contributed by atoms with Gasteiger partial charge in [-0.1, -0.05) is 13.0 Å². The van der Waals surface area contributed by atoms with E-state index in [1.54, 1.807) is 19.2 Å². The fourth-order valence-corrected chi connectivity index (χ4v) is 2.26. The molecule has 102 valence electrons. The number of para-hydroxylation sites is 1. The molecule has 1 aromatic carbocycles. The molecule has 0 saturated carbocycles. The summed E-state index contributed by atoms with van der Waals surface area (Å²) in [5.74, 6) is 0.285. The van der Waals surface area contributed by atoms with Crippen LogP contribution in [0.1, 0.15) is 6.92 Å². The molecule has 0 spiro atoms. The topological polar surface area (TPSA) is 107 Å². The smallest absolute Gasteiger partial charge is 0.240 e. The zero-order valence-electron chi connectivity index (χ0n) is 10.5. The zero-order chi connectivity index (χ0) is 13.8. The highest BCUT2D eigenvalue weighted by Crippen LogP contribution is 2.25. The number of hydrogen-bond donors (Lipinski definition) is 3. The van der Waals surface area contributed by atoms with Crippen molar-refractivity contribution in [1.82, 2.24) is 0 Å². The van der Waals surface area contributed by atoms with Gasteiger partial charge in [0.1, 0.15) is 4.90 Å². The number of sulfonamides is 1. The number of nitrogen functional groups attached to an aromatic ring is 1. The van der Waals surface area contributed by atoms with Gasteiger partial charge in [0, 0.05) is 13.7 Å². The molecule has 0 aliphatic rings. The van der Waals surface area contributed by atoms with Gasteiger partial charge in [0.05, 0.1) is 18.0 Å². The van der Waals surface area contributed by atoms with Gasteiger partial charge >= 0.3 is 0 Å². The van der Waals surface area contributed by atoms with Gasteiger partial charge in [-0.15, -0.1) is 0 Å². The maximum Gasteiger partial charge on any atom is 0.240 e.